The smallest absolute Gasteiger partial charge is 0.748 e. The summed E-state index contributed by atoms with van der Waals surface area (Å²) in [6.45, 7) is 4.36. The van der Waals surface area contributed by atoms with E-state index in [0.717, 1.165) is 51.4 Å². The zero-order chi connectivity index (χ0) is 20.4. The van der Waals surface area contributed by atoms with Crippen molar-refractivity contribution in [1.82, 2.24) is 0 Å². The van der Waals surface area contributed by atoms with Crippen LogP contribution in [0.2, 0.25) is 0 Å². The molecule has 0 amide bonds. The van der Waals surface area contributed by atoms with E-state index in [0.29, 0.717) is 25.7 Å². The molecular weight excluding hydrogens is 399 g/mol. The van der Waals surface area contributed by atoms with E-state index in [1.165, 1.54) is 38.5 Å². The minimum absolute atomic E-state index is 0. The second-order valence-corrected chi connectivity index (χ2v) is 9.82. The summed E-state index contributed by atoms with van der Waals surface area (Å²) in [5.74, 6) is 0. The second kappa shape index (κ2) is 21.7. The Labute approximate surface area is 218 Å². The van der Waals surface area contributed by atoms with Crippen molar-refractivity contribution in [2.45, 2.75) is 141 Å². The molecule has 0 aliphatic carbocycles. The Morgan fingerprint density at radius 1 is 0.643 bits per heavy atom. The van der Waals surface area contributed by atoms with Crippen molar-refractivity contribution in [2.24, 2.45) is 0 Å². The molecule has 0 aromatic carbocycles. The van der Waals surface area contributed by atoms with Gasteiger partial charge in [0.25, 0.3) is 0 Å². The molecule has 0 aliphatic rings. The molecule has 0 spiro atoms. The van der Waals surface area contributed by atoms with Crippen LogP contribution >= 0.6 is 0 Å². The Morgan fingerprint density at radius 3 is 1.43 bits per heavy atom. The largest absolute Gasteiger partial charge is 1.00 e. The fourth-order valence-corrected chi connectivity index (χ4v) is 4.55. The molecule has 0 aromatic heterocycles. The maximum absolute atomic E-state index is 11.5. The summed E-state index contributed by atoms with van der Waals surface area (Å²) in [7, 11) is -4.20. The first-order chi connectivity index (χ1) is 12.9. The molecule has 0 rings (SSSR count). The number of rotatable bonds is 20. The maximum Gasteiger partial charge on any atom is 1.00 e. The van der Waals surface area contributed by atoms with Gasteiger partial charge in [0.15, 0.2) is 0 Å². The van der Waals surface area contributed by atoms with Crippen molar-refractivity contribution in [3.05, 3.63) is 0 Å². The molecule has 0 fully saturated rings. The molecule has 28 heavy (non-hydrogen) atoms. The fraction of sp³-hybridized carbons (Fsp3) is 1.00. The van der Waals surface area contributed by atoms with E-state index >= 15 is 0 Å². The molecule has 164 valence electrons. The summed E-state index contributed by atoms with van der Waals surface area (Å²) in [6, 6.07) is 0. The summed E-state index contributed by atoms with van der Waals surface area (Å²) < 4.78 is 34.5. The van der Waals surface area contributed by atoms with E-state index in [1.54, 1.807) is 0 Å². The zero-order valence-electron chi connectivity index (χ0n) is 19.0. The van der Waals surface area contributed by atoms with Gasteiger partial charge >= 0.3 is 51.4 Å². The molecule has 0 heterocycles. The first kappa shape index (κ1) is 31.7. The van der Waals surface area contributed by atoms with Crippen LogP contribution in [0.15, 0.2) is 0 Å². The quantitative estimate of drug-likeness (QED) is 0.177. The predicted molar refractivity (Wildman–Crippen MR) is 114 cm³/mol. The van der Waals surface area contributed by atoms with Crippen LogP contribution in [0, 0.1) is 0 Å². The molecule has 0 aliphatic heterocycles. The van der Waals surface area contributed by atoms with E-state index in [-0.39, 0.29) is 57.5 Å². The summed E-state index contributed by atoms with van der Waals surface area (Å²) >= 11 is 0. The van der Waals surface area contributed by atoms with Crippen LogP contribution in [0.5, 0.6) is 0 Å². The number of unbranched alkanes of at least 4 members (excludes halogenated alkanes) is 11. The third-order valence-corrected chi connectivity index (χ3v) is 6.78. The van der Waals surface area contributed by atoms with Gasteiger partial charge in [0.05, 0.1) is 16.2 Å². The second-order valence-electron chi connectivity index (χ2n) is 8.17. The number of aliphatic hydroxyl groups is 1. The first-order valence-electron chi connectivity index (χ1n) is 11.5. The molecule has 2 unspecified atom stereocenters. The van der Waals surface area contributed by atoms with Crippen LogP contribution in [-0.2, 0) is 10.1 Å². The SMILES string of the molecule is CCCCCCCCCCCC(CCCCC(O)CCCCC)S(=O)(=O)[O-].[K+]. The maximum atomic E-state index is 11.5. The summed E-state index contributed by atoms with van der Waals surface area (Å²) in [5.41, 5.74) is 0. The Kier molecular flexibility index (Phi) is 24.6. The van der Waals surface area contributed by atoms with Gasteiger partial charge in [0.1, 0.15) is 0 Å². The average Bonchev–Trinajstić information content (AvgIpc) is 2.61. The molecular formula is C22H45KO4S. The molecule has 6 heteroatoms. The van der Waals surface area contributed by atoms with Gasteiger partial charge in [-0.25, -0.2) is 8.42 Å². The van der Waals surface area contributed by atoms with E-state index in [1.807, 2.05) is 0 Å². The average molecular weight is 445 g/mol. The van der Waals surface area contributed by atoms with Crippen molar-refractivity contribution in [3.63, 3.8) is 0 Å². The van der Waals surface area contributed by atoms with Crippen molar-refractivity contribution < 1.29 is 69.5 Å². The van der Waals surface area contributed by atoms with Crippen LogP contribution in [0.1, 0.15) is 129 Å². The van der Waals surface area contributed by atoms with Gasteiger partial charge < -0.3 is 9.66 Å². The van der Waals surface area contributed by atoms with E-state index < -0.39 is 15.4 Å². The van der Waals surface area contributed by atoms with Gasteiger partial charge in [-0.05, 0) is 25.7 Å². The Bertz CT molecular complexity index is 415. The number of hydrogen-bond donors (Lipinski definition) is 1. The van der Waals surface area contributed by atoms with Crippen molar-refractivity contribution >= 4 is 10.1 Å². The molecule has 4 nitrogen and oxygen atoms in total. The number of aliphatic hydroxyl groups excluding tert-OH is 1. The van der Waals surface area contributed by atoms with Crippen LogP contribution in [0.4, 0.5) is 0 Å². The normalized spacial score (nSPS) is 13.9. The van der Waals surface area contributed by atoms with Gasteiger partial charge in [0, 0.05) is 5.25 Å². The van der Waals surface area contributed by atoms with Gasteiger partial charge in [0.2, 0.25) is 0 Å². The topological polar surface area (TPSA) is 77.4 Å². The van der Waals surface area contributed by atoms with E-state index in [2.05, 4.69) is 13.8 Å². The minimum Gasteiger partial charge on any atom is -0.748 e. The van der Waals surface area contributed by atoms with Crippen LogP contribution in [0.25, 0.3) is 0 Å². The van der Waals surface area contributed by atoms with Gasteiger partial charge in [-0.3, -0.25) is 0 Å². The van der Waals surface area contributed by atoms with Crippen LogP contribution < -0.4 is 51.4 Å². The third kappa shape index (κ3) is 20.8. The molecule has 2 atom stereocenters. The van der Waals surface area contributed by atoms with Gasteiger partial charge in [-0.2, -0.15) is 0 Å². The summed E-state index contributed by atoms with van der Waals surface area (Å²) in [4.78, 5) is 0. The summed E-state index contributed by atoms with van der Waals surface area (Å²) in [5, 5.41) is 9.18. The van der Waals surface area contributed by atoms with Crippen LogP contribution in [-0.4, -0.2) is 29.4 Å². The minimum atomic E-state index is -4.20. The zero-order valence-corrected chi connectivity index (χ0v) is 22.9. The van der Waals surface area contributed by atoms with E-state index in [9.17, 15) is 18.1 Å². The summed E-state index contributed by atoms with van der Waals surface area (Å²) in [6.07, 6.45) is 17.8. The van der Waals surface area contributed by atoms with Crippen molar-refractivity contribution in [2.75, 3.05) is 0 Å². The standard InChI is InChI=1S/C22H46O4S.K/c1-3-5-7-8-9-10-11-12-14-19-22(27(24,25)26)20-16-15-18-21(23)17-13-6-4-2;/h21-23H,3-20H2,1-2H3,(H,24,25,26);/q;+1/p-1. The Balaban J connectivity index is 0. The molecule has 0 saturated heterocycles. The number of hydrogen-bond acceptors (Lipinski definition) is 4. The Hall–Kier alpha value is 1.51. The first-order valence-corrected chi connectivity index (χ1v) is 13.0. The van der Waals surface area contributed by atoms with Crippen molar-refractivity contribution in [3.8, 4) is 0 Å². The molecule has 0 saturated carbocycles. The molecule has 0 bridgehead atoms. The van der Waals surface area contributed by atoms with Crippen LogP contribution in [0.3, 0.4) is 0 Å². The van der Waals surface area contributed by atoms with Crippen molar-refractivity contribution in [1.29, 1.82) is 0 Å². The predicted octanol–water partition coefficient (Wildman–Crippen LogP) is 3.33. The molecule has 1 N–H and O–H groups in total. The molecule has 0 aromatic rings. The van der Waals surface area contributed by atoms with E-state index in [4.69, 9.17) is 0 Å². The van der Waals surface area contributed by atoms with Gasteiger partial charge in [-0.1, -0.05) is 104 Å². The Morgan fingerprint density at radius 2 is 0.964 bits per heavy atom. The third-order valence-electron chi connectivity index (χ3n) is 5.49. The van der Waals surface area contributed by atoms with Gasteiger partial charge in [-0.15, -0.1) is 0 Å². The fourth-order valence-electron chi connectivity index (χ4n) is 3.64. The monoisotopic (exact) mass is 444 g/mol. The molecule has 0 radical (unpaired) electrons.